The number of hydrogen-bond acceptors (Lipinski definition) is 4. The summed E-state index contributed by atoms with van der Waals surface area (Å²) in [7, 11) is -2.77. The molecule has 1 aromatic carbocycles. The number of rotatable bonds is 3. The Morgan fingerprint density at radius 2 is 2.07 bits per heavy atom. The highest BCUT2D eigenvalue weighted by atomic mass is 35.5. The van der Waals surface area contributed by atoms with Gasteiger partial charge in [0, 0.05) is 6.07 Å². The zero-order valence-corrected chi connectivity index (χ0v) is 9.17. The first kappa shape index (κ1) is 11.9. The number of nitro groups is 1. The van der Waals surface area contributed by atoms with Crippen molar-refractivity contribution in [1.29, 1.82) is 0 Å². The highest BCUT2D eigenvalue weighted by Crippen LogP contribution is 2.30. The van der Waals surface area contributed by atoms with Crippen LogP contribution < -0.4 is 4.72 Å². The highest BCUT2D eigenvalue weighted by molar-refractivity contribution is 7.89. The second-order valence-corrected chi connectivity index (χ2v) is 4.78. The van der Waals surface area contributed by atoms with Crippen LogP contribution in [0.25, 0.3) is 0 Å². The van der Waals surface area contributed by atoms with E-state index in [1.165, 1.54) is 12.1 Å². The summed E-state index contributed by atoms with van der Waals surface area (Å²) >= 11 is 5.61. The molecule has 0 atom stereocenters. The SMILES string of the molecule is CNS(=O)(=O)c1c(Cl)cccc1[N+](=O)[O-]. The first-order valence-electron chi connectivity index (χ1n) is 3.76. The van der Waals surface area contributed by atoms with Crippen LogP contribution in [0.2, 0.25) is 5.02 Å². The van der Waals surface area contributed by atoms with Gasteiger partial charge in [0.2, 0.25) is 10.0 Å². The van der Waals surface area contributed by atoms with Crippen molar-refractivity contribution >= 4 is 27.3 Å². The molecule has 0 aromatic heterocycles. The summed E-state index contributed by atoms with van der Waals surface area (Å²) in [5.41, 5.74) is -0.545. The quantitative estimate of drug-likeness (QED) is 0.644. The van der Waals surface area contributed by atoms with E-state index in [9.17, 15) is 18.5 Å². The van der Waals surface area contributed by atoms with E-state index >= 15 is 0 Å². The van der Waals surface area contributed by atoms with E-state index in [1.54, 1.807) is 0 Å². The standard InChI is InChI=1S/C7H7ClN2O4S/c1-9-15(13,14)7-5(8)3-2-4-6(7)10(11)12/h2-4,9H,1H3. The Kier molecular flexibility index (Phi) is 3.28. The van der Waals surface area contributed by atoms with Gasteiger partial charge in [0.1, 0.15) is 0 Å². The van der Waals surface area contributed by atoms with Crippen molar-refractivity contribution < 1.29 is 13.3 Å². The van der Waals surface area contributed by atoms with E-state index in [1.807, 2.05) is 4.72 Å². The molecule has 0 bridgehead atoms. The molecule has 0 heterocycles. The number of benzene rings is 1. The van der Waals surface area contributed by atoms with E-state index in [0.717, 1.165) is 13.1 Å². The number of nitrogens with one attached hydrogen (secondary N) is 1. The van der Waals surface area contributed by atoms with Gasteiger partial charge in [0.15, 0.2) is 4.90 Å². The maximum atomic E-state index is 11.4. The average Bonchev–Trinajstić information content (AvgIpc) is 2.17. The molecule has 15 heavy (non-hydrogen) atoms. The van der Waals surface area contributed by atoms with E-state index in [4.69, 9.17) is 11.6 Å². The zero-order valence-electron chi connectivity index (χ0n) is 7.60. The lowest BCUT2D eigenvalue weighted by Crippen LogP contribution is -2.20. The van der Waals surface area contributed by atoms with Crippen LogP contribution in [-0.2, 0) is 10.0 Å². The van der Waals surface area contributed by atoms with Crippen molar-refractivity contribution in [3.8, 4) is 0 Å². The molecule has 0 radical (unpaired) electrons. The fraction of sp³-hybridized carbons (Fsp3) is 0.143. The molecule has 0 aliphatic heterocycles. The van der Waals surface area contributed by atoms with Gasteiger partial charge in [-0.05, 0) is 13.1 Å². The van der Waals surface area contributed by atoms with Crippen LogP contribution >= 0.6 is 11.6 Å². The monoisotopic (exact) mass is 250 g/mol. The van der Waals surface area contributed by atoms with Crippen LogP contribution in [0.15, 0.2) is 23.1 Å². The lowest BCUT2D eigenvalue weighted by atomic mass is 10.3. The predicted molar refractivity (Wildman–Crippen MR) is 54.4 cm³/mol. The van der Waals surface area contributed by atoms with Crippen molar-refractivity contribution in [2.75, 3.05) is 7.05 Å². The molecule has 0 fully saturated rings. The lowest BCUT2D eigenvalue weighted by molar-refractivity contribution is -0.387. The zero-order chi connectivity index (χ0) is 11.6. The maximum absolute atomic E-state index is 11.4. The van der Waals surface area contributed by atoms with Crippen LogP contribution in [0.3, 0.4) is 0 Å². The molecule has 8 heteroatoms. The van der Waals surface area contributed by atoms with Crippen molar-refractivity contribution in [1.82, 2.24) is 4.72 Å². The number of nitrogens with zero attached hydrogens (tertiary/aromatic N) is 1. The minimum atomic E-state index is -3.93. The van der Waals surface area contributed by atoms with Gasteiger partial charge >= 0.3 is 0 Å². The first-order chi connectivity index (χ1) is 6.90. The number of hydrogen-bond donors (Lipinski definition) is 1. The molecule has 0 spiro atoms. The lowest BCUT2D eigenvalue weighted by Gasteiger charge is -2.04. The van der Waals surface area contributed by atoms with Gasteiger partial charge in [-0.15, -0.1) is 0 Å². The van der Waals surface area contributed by atoms with Crippen molar-refractivity contribution in [3.63, 3.8) is 0 Å². The van der Waals surface area contributed by atoms with E-state index in [-0.39, 0.29) is 5.02 Å². The second kappa shape index (κ2) is 4.13. The smallest absolute Gasteiger partial charge is 0.258 e. The molecular weight excluding hydrogens is 244 g/mol. The minimum absolute atomic E-state index is 0.182. The fourth-order valence-electron chi connectivity index (χ4n) is 1.01. The summed E-state index contributed by atoms with van der Waals surface area (Å²) < 4.78 is 24.9. The second-order valence-electron chi connectivity index (χ2n) is 2.55. The van der Waals surface area contributed by atoms with Crippen LogP contribution in [-0.4, -0.2) is 20.4 Å². The Hall–Kier alpha value is -1.18. The third-order valence-electron chi connectivity index (χ3n) is 1.68. The molecule has 0 saturated carbocycles. The topological polar surface area (TPSA) is 89.3 Å². The van der Waals surface area contributed by atoms with E-state index in [2.05, 4.69) is 0 Å². The van der Waals surface area contributed by atoms with Crippen LogP contribution in [0.5, 0.6) is 0 Å². The molecule has 0 saturated heterocycles. The van der Waals surface area contributed by atoms with E-state index in [0.29, 0.717) is 0 Å². The first-order valence-corrected chi connectivity index (χ1v) is 5.62. The van der Waals surface area contributed by atoms with Crippen LogP contribution in [0, 0.1) is 10.1 Å². The van der Waals surface area contributed by atoms with Gasteiger partial charge in [0.25, 0.3) is 5.69 Å². The Morgan fingerprint density at radius 1 is 1.47 bits per heavy atom. The number of halogens is 1. The Labute approximate surface area is 91.1 Å². The molecule has 0 aliphatic rings. The summed E-state index contributed by atoms with van der Waals surface area (Å²) in [6.45, 7) is 0. The third-order valence-corrected chi connectivity index (χ3v) is 3.61. The molecule has 1 aromatic rings. The molecule has 0 aliphatic carbocycles. The molecular formula is C7H7ClN2O4S. The van der Waals surface area contributed by atoms with Crippen LogP contribution in [0.1, 0.15) is 0 Å². The molecule has 1 rings (SSSR count). The maximum Gasteiger partial charge on any atom is 0.290 e. The third kappa shape index (κ3) is 2.25. The molecule has 82 valence electrons. The normalized spacial score (nSPS) is 11.3. The van der Waals surface area contributed by atoms with E-state index < -0.39 is 25.5 Å². The minimum Gasteiger partial charge on any atom is -0.258 e. The van der Waals surface area contributed by atoms with Gasteiger partial charge in [-0.2, -0.15) is 0 Å². The summed E-state index contributed by atoms with van der Waals surface area (Å²) in [6.07, 6.45) is 0. The number of nitro benzene ring substituents is 1. The summed E-state index contributed by atoms with van der Waals surface area (Å²) in [6, 6.07) is 3.67. The average molecular weight is 251 g/mol. The predicted octanol–water partition coefficient (Wildman–Crippen LogP) is 1.16. The van der Waals surface area contributed by atoms with Gasteiger partial charge in [-0.1, -0.05) is 17.7 Å². The van der Waals surface area contributed by atoms with Crippen molar-refractivity contribution in [2.24, 2.45) is 0 Å². The van der Waals surface area contributed by atoms with Crippen molar-refractivity contribution in [2.45, 2.75) is 4.90 Å². The summed E-state index contributed by atoms with van der Waals surface area (Å²) in [5, 5.41) is 10.4. The van der Waals surface area contributed by atoms with Gasteiger partial charge in [-0.25, -0.2) is 13.1 Å². The number of sulfonamides is 1. The summed E-state index contributed by atoms with van der Waals surface area (Å²) in [5.74, 6) is 0. The molecule has 0 unspecified atom stereocenters. The van der Waals surface area contributed by atoms with Gasteiger partial charge < -0.3 is 0 Å². The highest BCUT2D eigenvalue weighted by Gasteiger charge is 2.27. The summed E-state index contributed by atoms with van der Waals surface area (Å²) in [4.78, 5) is 9.28. The largest absolute Gasteiger partial charge is 0.290 e. The Balaban J connectivity index is 3.59. The van der Waals surface area contributed by atoms with Gasteiger partial charge in [-0.3, -0.25) is 10.1 Å². The van der Waals surface area contributed by atoms with Crippen LogP contribution in [0.4, 0.5) is 5.69 Å². The molecule has 6 nitrogen and oxygen atoms in total. The van der Waals surface area contributed by atoms with Gasteiger partial charge in [0.05, 0.1) is 9.95 Å². The fourth-order valence-corrected chi connectivity index (χ4v) is 2.43. The Bertz CT molecular complexity index is 500. The Morgan fingerprint density at radius 3 is 2.53 bits per heavy atom. The molecule has 1 N–H and O–H groups in total. The van der Waals surface area contributed by atoms with Crippen molar-refractivity contribution in [3.05, 3.63) is 33.3 Å². The molecule has 0 amide bonds.